The van der Waals surface area contributed by atoms with Gasteiger partial charge in [0.05, 0.1) is 32.0 Å². The van der Waals surface area contributed by atoms with E-state index in [9.17, 15) is 9.90 Å². The predicted octanol–water partition coefficient (Wildman–Crippen LogP) is 10.7. The summed E-state index contributed by atoms with van der Waals surface area (Å²) in [6.45, 7) is 21.5. The number of unbranched alkanes of at least 4 members (excludes halogenated alkanes) is 4. The van der Waals surface area contributed by atoms with E-state index < -0.39 is 8.32 Å². The molecule has 2 aromatic rings. The van der Waals surface area contributed by atoms with Gasteiger partial charge in [-0.05, 0) is 74.0 Å². The summed E-state index contributed by atoms with van der Waals surface area (Å²) < 4.78 is 24.6. The van der Waals surface area contributed by atoms with Crippen LogP contribution in [0.3, 0.4) is 0 Å². The van der Waals surface area contributed by atoms with Gasteiger partial charge in [-0.25, -0.2) is 0 Å². The molecule has 2 N–H and O–H groups in total. The second kappa shape index (κ2) is 19.1. The number of aromatic hydroxyl groups is 1. The summed E-state index contributed by atoms with van der Waals surface area (Å²) in [5.74, 6) is 2.86. The van der Waals surface area contributed by atoms with Crippen LogP contribution < -0.4 is 18.9 Å². The molecule has 0 amide bonds. The van der Waals surface area contributed by atoms with Gasteiger partial charge in [0.25, 0.3) is 0 Å². The molecule has 0 aliphatic carbocycles. The zero-order valence-corrected chi connectivity index (χ0v) is 30.8. The van der Waals surface area contributed by atoms with Crippen LogP contribution in [-0.4, -0.2) is 44.6 Å². The van der Waals surface area contributed by atoms with Crippen LogP contribution >= 0.6 is 0 Å². The van der Waals surface area contributed by atoms with Crippen molar-refractivity contribution < 1.29 is 28.8 Å². The number of ether oxygens (including phenoxy) is 4. The molecule has 0 saturated heterocycles. The first kappa shape index (κ1) is 38.5. The zero-order valence-electron chi connectivity index (χ0n) is 29.8. The van der Waals surface area contributed by atoms with Crippen molar-refractivity contribution in [2.75, 3.05) is 26.4 Å². The summed E-state index contributed by atoms with van der Waals surface area (Å²) in [5.41, 5.74) is 2.84. The SMILES string of the molecule is CCCCOc1cc(O)c(/C=C(/CC(C)(C)[Si](C)(C)O)C(C)c2ccc(OCCCC)c(OCCCC)c2)c(OCCCC)c1. The molecule has 0 aliphatic rings. The van der Waals surface area contributed by atoms with Crippen molar-refractivity contribution in [3.63, 3.8) is 0 Å². The molecule has 1 atom stereocenters. The fourth-order valence-corrected chi connectivity index (χ4v) is 5.37. The maximum atomic E-state index is 11.4. The third-order valence-electron chi connectivity index (χ3n) is 8.78. The van der Waals surface area contributed by atoms with E-state index >= 15 is 0 Å². The Labute approximate surface area is 275 Å². The summed E-state index contributed by atoms with van der Waals surface area (Å²) in [6, 6.07) is 9.83. The maximum Gasteiger partial charge on any atom is 0.188 e. The van der Waals surface area contributed by atoms with Gasteiger partial charge in [0.15, 0.2) is 19.8 Å². The average molecular weight is 643 g/mol. The van der Waals surface area contributed by atoms with Crippen LogP contribution in [0.25, 0.3) is 6.08 Å². The van der Waals surface area contributed by atoms with Crippen molar-refractivity contribution in [1.29, 1.82) is 0 Å². The van der Waals surface area contributed by atoms with Gasteiger partial charge >= 0.3 is 0 Å². The highest BCUT2D eigenvalue weighted by molar-refractivity contribution is 6.72. The molecule has 0 aromatic heterocycles. The van der Waals surface area contributed by atoms with Crippen molar-refractivity contribution in [1.82, 2.24) is 0 Å². The molecular weight excluding hydrogens is 580 g/mol. The lowest BCUT2D eigenvalue weighted by Crippen LogP contribution is -2.39. The van der Waals surface area contributed by atoms with Crippen molar-refractivity contribution in [3.8, 4) is 28.7 Å². The summed E-state index contributed by atoms with van der Waals surface area (Å²) in [5, 5.41) is 11.0. The van der Waals surface area contributed by atoms with Crippen LogP contribution in [0.5, 0.6) is 28.7 Å². The van der Waals surface area contributed by atoms with Gasteiger partial charge in [0.1, 0.15) is 17.2 Å². The Morgan fingerprint density at radius 3 is 1.80 bits per heavy atom. The molecule has 0 saturated carbocycles. The molecule has 0 radical (unpaired) electrons. The average Bonchev–Trinajstić information content (AvgIpc) is 2.98. The van der Waals surface area contributed by atoms with E-state index in [4.69, 9.17) is 18.9 Å². The first-order chi connectivity index (χ1) is 21.4. The van der Waals surface area contributed by atoms with Gasteiger partial charge in [-0.15, -0.1) is 0 Å². The van der Waals surface area contributed by atoms with Gasteiger partial charge in [-0.2, -0.15) is 0 Å². The first-order valence-corrected chi connectivity index (χ1v) is 20.3. The summed E-state index contributed by atoms with van der Waals surface area (Å²) >= 11 is 0. The number of hydrogen-bond acceptors (Lipinski definition) is 6. The molecule has 6 nitrogen and oxygen atoms in total. The minimum Gasteiger partial charge on any atom is -0.507 e. The lowest BCUT2D eigenvalue weighted by molar-refractivity contribution is 0.261. The fraction of sp³-hybridized carbons (Fsp3) is 0.632. The molecule has 7 heteroatoms. The van der Waals surface area contributed by atoms with Gasteiger partial charge in [0, 0.05) is 18.1 Å². The second-order valence-electron chi connectivity index (χ2n) is 13.4. The number of rotatable bonds is 22. The number of hydrogen-bond donors (Lipinski definition) is 2. The minimum atomic E-state index is -2.55. The smallest absolute Gasteiger partial charge is 0.188 e. The Balaban J connectivity index is 2.66. The Morgan fingerprint density at radius 1 is 0.756 bits per heavy atom. The van der Waals surface area contributed by atoms with E-state index in [-0.39, 0.29) is 16.7 Å². The fourth-order valence-electron chi connectivity index (χ4n) is 4.73. The number of phenols is 1. The maximum absolute atomic E-state index is 11.4. The van der Waals surface area contributed by atoms with Crippen molar-refractivity contribution in [3.05, 3.63) is 47.0 Å². The number of phenolic OH excluding ortho intramolecular Hbond substituents is 1. The van der Waals surface area contributed by atoms with Crippen LogP contribution in [0.4, 0.5) is 0 Å². The largest absolute Gasteiger partial charge is 0.507 e. The van der Waals surface area contributed by atoms with Crippen LogP contribution in [0.2, 0.25) is 18.1 Å². The van der Waals surface area contributed by atoms with Gasteiger partial charge in [0.2, 0.25) is 0 Å². The summed E-state index contributed by atoms with van der Waals surface area (Å²) in [7, 11) is -2.55. The molecule has 0 fully saturated rings. The molecule has 254 valence electrons. The van der Waals surface area contributed by atoms with E-state index in [2.05, 4.69) is 66.7 Å². The van der Waals surface area contributed by atoms with Crippen molar-refractivity contribution in [2.24, 2.45) is 0 Å². The molecule has 0 spiro atoms. The quantitative estimate of drug-likeness (QED) is 0.0983. The molecule has 2 rings (SSSR count). The van der Waals surface area contributed by atoms with E-state index in [1.807, 2.05) is 25.2 Å². The Morgan fingerprint density at radius 2 is 1.27 bits per heavy atom. The van der Waals surface area contributed by atoms with E-state index in [0.29, 0.717) is 49.9 Å². The molecule has 2 aromatic carbocycles. The topological polar surface area (TPSA) is 77.4 Å². The first-order valence-electron chi connectivity index (χ1n) is 17.3. The molecule has 1 unspecified atom stereocenters. The predicted molar refractivity (Wildman–Crippen MR) is 191 cm³/mol. The lowest BCUT2D eigenvalue weighted by atomic mass is 9.85. The van der Waals surface area contributed by atoms with Crippen LogP contribution in [0.1, 0.15) is 123 Å². The van der Waals surface area contributed by atoms with E-state index in [0.717, 1.165) is 74.0 Å². The zero-order chi connectivity index (χ0) is 33.5. The molecular formula is C38H62O6Si. The van der Waals surface area contributed by atoms with Gasteiger partial charge < -0.3 is 28.8 Å². The highest BCUT2D eigenvalue weighted by Gasteiger charge is 2.39. The highest BCUT2D eigenvalue weighted by atomic mass is 28.4. The Bertz CT molecular complexity index is 1180. The highest BCUT2D eigenvalue weighted by Crippen LogP contribution is 2.47. The molecule has 0 aliphatic heterocycles. The Kier molecular flexibility index (Phi) is 16.4. The van der Waals surface area contributed by atoms with E-state index in [1.165, 1.54) is 0 Å². The molecule has 0 bridgehead atoms. The normalized spacial score (nSPS) is 13.1. The standard InChI is InChI=1S/C38H62O6Si/c1-10-14-20-41-32-26-34(39)33(36(27-32)43-22-16-12-3)24-31(28-38(6,7)45(8,9)40)29(5)30-18-19-35(42-21-15-11-2)37(25-30)44-23-17-13-4/h18-19,24-27,29,39-40H,10-17,20-23,28H2,1-9H3/b31-24-. The third-order valence-corrected chi connectivity index (χ3v) is 12.3. The van der Waals surface area contributed by atoms with Crippen LogP contribution in [0, 0.1) is 0 Å². The monoisotopic (exact) mass is 642 g/mol. The van der Waals surface area contributed by atoms with Crippen LogP contribution in [-0.2, 0) is 0 Å². The molecule has 0 heterocycles. The number of allylic oxidation sites excluding steroid dienone is 1. The number of benzene rings is 2. The van der Waals surface area contributed by atoms with Gasteiger partial charge in [-0.3, -0.25) is 0 Å². The van der Waals surface area contributed by atoms with E-state index in [1.54, 1.807) is 6.07 Å². The second-order valence-corrected chi connectivity index (χ2v) is 17.9. The van der Waals surface area contributed by atoms with Crippen molar-refractivity contribution in [2.45, 2.75) is 130 Å². The lowest BCUT2D eigenvalue weighted by Gasteiger charge is -2.37. The minimum absolute atomic E-state index is 0.0257. The summed E-state index contributed by atoms with van der Waals surface area (Å²) in [4.78, 5) is 11.3. The van der Waals surface area contributed by atoms with Gasteiger partial charge in [-0.1, -0.05) is 85.8 Å². The van der Waals surface area contributed by atoms with Crippen molar-refractivity contribution >= 4 is 14.4 Å². The molecule has 45 heavy (non-hydrogen) atoms. The Hall–Kier alpha value is -2.64. The van der Waals surface area contributed by atoms with Crippen LogP contribution in [0.15, 0.2) is 35.9 Å². The summed E-state index contributed by atoms with van der Waals surface area (Å²) in [6.07, 6.45) is 10.7. The third kappa shape index (κ3) is 12.2.